The van der Waals surface area contributed by atoms with Crippen molar-refractivity contribution in [2.24, 2.45) is 4.99 Å². The first-order chi connectivity index (χ1) is 12.8. The van der Waals surface area contributed by atoms with E-state index in [1.54, 1.807) is 0 Å². The zero-order valence-electron chi connectivity index (χ0n) is 16.6. The summed E-state index contributed by atoms with van der Waals surface area (Å²) in [5, 5.41) is 3.49. The Bertz CT molecular complexity index is 578. The molecule has 0 saturated carbocycles. The summed E-state index contributed by atoms with van der Waals surface area (Å²) in [7, 11) is 2.22. The zero-order chi connectivity index (χ0) is 18.2. The fourth-order valence-corrected chi connectivity index (χ4v) is 3.81. The number of nitrogens with zero attached hydrogens (tertiary/aromatic N) is 4. The van der Waals surface area contributed by atoms with Crippen LogP contribution in [0.15, 0.2) is 29.3 Å². The fourth-order valence-electron chi connectivity index (χ4n) is 3.81. The highest BCUT2D eigenvalue weighted by molar-refractivity contribution is 5.80. The van der Waals surface area contributed by atoms with Gasteiger partial charge in [0.1, 0.15) is 0 Å². The van der Waals surface area contributed by atoms with Crippen LogP contribution in [0.4, 0.5) is 0 Å². The first-order valence-corrected chi connectivity index (χ1v) is 10.3. The summed E-state index contributed by atoms with van der Waals surface area (Å²) in [6, 6.07) is 8.80. The van der Waals surface area contributed by atoms with Crippen LogP contribution < -0.4 is 5.32 Å². The number of rotatable bonds is 6. The lowest BCUT2D eigenvalue weighted by Gasteiger charge is -2.32. The Morgan fingerprint density at radius 1 is 1.04 bits per heavy atom. The normalized spacial score (nSPS) is 19.5. The second-order valence-electron chi connectivity index (χ2n) is 7.53. The van der Waals surface area contributed by atoms with Crippen molar-refractivity contribution in [2.75, 3.05) is 59.4 Å². The highest BCUT2D eigenvalue weighted by Gasteiger charge is 2.18. The van der Waals surface area contributed by atoms with Crippen molar-refractivity contribution in [2.45, 2.75) is 32.7 Å². The molecule has 5 heteroatoms. The molecule has 1 aromatic rings. The van der Waals surface area contributed by atoms with E-state index in [9.17, 15) is 0 Å². The van der Waals surface area contributed by atoms with E-state index < -0.39 is 0 Å². The third kappa shape index (κ3) is 5.45. The number of piperazine rings is 1. The molecule has 1 aromatic carbocycles. The molecule has 2 heterocycles. The van der Waals surface area contributed by atoms with E-state index in [1.807, 2.05) is 0 Å². The molecule has 0 amide bonds. The number of hydrogen-bond acceptors (Lipinski definition) is 3. The van der Waals surface area contributed by atoms with Gasteiger partial charge in [-0.25, -0.2) is 0 Å². The van der Waals surface area contributed by atoms with Crippen LogP contribution >= 0.6 is 0 Å². The minimum Gasteiger partial charge on any atom is -0.357 e. The molecule has 0 radical (unpaired) electrons. The van der Waals surface area contributed by atoms with Gasteiger partial charge in [-0.2, -0.15) is 0 Å². The molecule has 0 aliphatic carbocycles. The highest BCUT2D eigenvalue weighted by atomic mass is 15.3. The summed E-state index contributed by atoms with van der Waals surface area (Å²) in [6.07, 6.45) is 3.53. The Balaban J connectivity index is 1.44. The fraction of sp³-hybridized carbons (Fsp3) is 0.667. The van der Waals surface area contributed by atoms with Crippen molar-refractivity contribution < 1.29 is 0 Å². The van der Waals surface area contributed by atoms with E-state index in [4.69, 9.17) is 4.99 Å². The SMILES string of the molecule is CCNC(=NCCCCN1CCN(C)CC1)N1CCc2ccccc2C1. The van der Waals surface area contributed by atoms with Crippen molar-refractivity contribution >= 4 is 5.96 Å². The van der Waals surface area contributed by atoms with Gasteiger partial charge in [0, 0.05) is 52.4 Å². The molecule has 144 valence electrons. The molecule has 1 saturated heterocycles. The Labute approximate surface area is 159 Å². The molecule has 0 unspecified atom stereocenters. The molecular weight excluding hydrogens is 322 g/mol. The zero-order valence-corrected chi connectivity index (χ0v) is 16.6. The van der Waals surface area contributed by atoms with Crippen LogP contribution in [0.3, 0.4) is 0 Å². The summed E-state index contributed by atoms with van der Waals surface area (Å²) < 4.78 is 0. The van der Waals surface area contributed by atoms with E-state index in [0.29, 0.717) is 0 Å². The quantitative estimate of drug-likeness (QED) is 0.480. The molecule has 2 aliphatic rings. The lowest BCUT2D eigenvalue weighted by atomic mass is 10.0. The number of likely N-dealkylation sites (N-methyl/N-ethyl adjacent to an activating group) is 1. The van der Waals surface area contributed by atoms with Crippen molar-refractivity contribution in [3.05, 3.63) is 35.4 Å². The predicted octanol–water partition coefficient (Wildman–Crippen LogP) is 2.04. The standard InChI is InChI=1S/C21H35N5/c1-3-22-21(26-13-10-19-8-4-5-9-20(19)18-26)23-11-6-7-12-25-16-14-24(2)15-17-25/h4-5,8-9H,3,6-7,10-18H2,1-2H3,(H,22,23). The van der Waals surface area contributed by atoms with Crippen LogP contribution in [0, 0.1) is 0 Å². The second kappa shape index (κ2) is 9.93. The molecular formula is C21H35N5. The second-order valence-corrected chi connectivity index (χ2v) is 7.53. The van der Waals surface area contributed by atoms with E-state index in [2.05, 4.69) is 58.3 Å². The van der Waals surface area contributed by atoms with E-state index >= 15 is 0 Å². The predicted molar refractivity (Wildman–Crippen MR) is 110 cm³/mol. The lowest BCUT2D eigenvalue weighted by Crippen LogP contribution is -2.44. The van der Waals surface area contributed by atoms with Gasteiger partial charge < -0.3 is 20.0 Å². The van der Waals surface area contributed by atoms with Crippen LogP contribution in [0.2, 0.25) is 0 Å². The van der Waals surface area contributed by atoms with Crippen LogP contribution in [0.5, 0.6) is 0 Å². The van der Waals surface area contributed by atoms with Crippen LogP contribution in [-0.2, 0) is 13.0 Å². The molecule has 2 aliphatic heterocycles. The molecule has 3 rings (SSSR count). The molecule has 26 heavy (non-hydrogen) atoms. The van der Waals surface area contributed by atoms with Crippen molar-refractivity contribution in [3.8, 4) is 0 Å². The van der Waals surface area contributed by atoms with E-state index in [-0.39, 0.29) is 0 Å². The van der Waals surface area contributed by atoms with Gasteiger partial charge in [0.15, 0.2) is 5.96 Å². The number of hydrogen-bond donors (Lipinski definition) is 1. The largest absolute Gasteiger partial charge is 0.357 e. The summed E-state index contributed by atoms with van der Waals surface area (Å²) in [4.78, 5) is 12.3. The molecule has 0 bridgehead atoms. The minimum absolute atomic E-state index is 0.925. The van der Waals surface area contributed by atoms with Gasteiger partial charge >= 0.3 is 0 Å². The maximum absolute atomic E-state index is 4.91. The maximum atomic E-state index is 4.91. The number of aliphatic imine (C=N–C) groups is 1. The number of unbranched alkanes of at least 4 members (excludes halogenated alkanes) is 1. The topological polar surface area (TPSA) is 34.1 Å². The lowest BCUT2D eigenvalue weighted by molar-refractivity contribution is 0.152. The van der Waals surface area contributed by atoms with Gasteiger partial charge in [0.05, 0.1) is 0 Å². The molecule has 1 fully saturated rings. The summed E-state index contributed by atoms with van der Waals surface area (Å²) in [5.41, 5.74) is 2.94. The van der Waals surface area contributed by atoms with E-state index in [0.717, 1.165) is 38.6 Å². The summed E-state index contributed by atoms with van der Waals surface area (Å²) in [5.74, 6) is 1.08. The van der Waals surface area contributed by atoms with Gasteiger partial charge in [-0.3, -0.25) is 4.99 Å². The third-order valence-corrected chi connectivity index (χ3v) is 5.50. The Kier molecular flexibility index (Phi) is 7.32. The van der Waals surface area contributed by atoms with Crippen molar-refractivity contribution in [3.63, 3.8) is 0 Å². The monoisotopic (exact) mass is 357 g/mol. The molecule has 0 atom stereocenters. The van der Waals surface area contributed by atoms with Crippen molar-refractivity contribution in [1.82, 2.24) is 20.0 Å². The minimum atomic E-state index is 0.925. The van der Waals surface area contributed by atoms with Crippen LogP contribution in [0.1, 0.15) is 30.9 Å². The van der Waals surface area contributed by atoms with Crippen molar-refractivity contribution in [1.29, 1.82) is 0 Å². The van der Waals surface area contributed by atoms with E-state index in [1.165, 1.54) is 56.7 Å². The Morgan fingerprint density at radius 3 is 2.58 bits per heavy atom. The van der Waals surface area contributed by atoms with Gasteiger partial charge in [0.25, 0.3) is 0 Å². The van der Waals surface area contributed by atoms with Crippen LogP contribution in [-0.4, -0.2) is 80.1 Å². The highest BCUT2D eigenvalue weighted by Crippen LogP contribution is 2.18. The molecule has 0 aromatic heterocycles. The number of nitrogens with one attached hydrogen (secondary N) is 1. The number of benzene rings is 1. The van der Waals surface area contributed by atoms with Gasteiger partial charge in [-0.05, 0) is 50.9 Å². The smallest absolute Gasteiger partial charge is 0.194 e. The number of fused-ring (bicyclic) bond motifs is 1. The van der Waals surface area contributed by atoms with Gasteiger partial charge in [0.2, 0.25) is 0 Å². The molecule has 0 spiro atoms. The Morgan fingerprint density at radius 2 is 1.81 bits per heavy atom. The number of guanidine groups is 1. The first kappa shape index (κ1) is 19.2. The third-order valence-electron chi connectivity index (χ3n) is 5.50. The Hall–Kier alpha value is -1.59. The summed E-state index contributed by atoms with van der Waals surface area (Å²) >= 11 is 0. The molecule has 1 N–H and O–H groups in total. The van der Waals surface area contributed by atoms with Crippen LogP contribution in [0.25, 0.3) is 0 Å². The summed E-state index contributed by atoms with van der Waals surface area (Å²) in [6.45, 7) is 12.1. The first-order valence-electron chi connectivity index (χ1n) is 10.3. The maximum Gasteiger partial charge on any atom is 0.194 e. The average Bonchev–Trinajstić information content (AvgIpc) is 2.68. The average molecular weight is 358 g/mol. The molecule has 5 nitrogen and oxygen atoms in total. The van der Waals surface area contributed by atoms with Gasteiger partial charge in [-0.15, -0.1) is 0 Å². The van der Waals surface area contributed by atoms with Gasteiger partial charge in [-0.1, -0.05) is 24.3 Å².